The fourth-order valence-electron chi connectivity index (χ4n) is 2.93. The summed E-state index contributed by atoms with van der Waals surface area (Å²) in [7, 11) is 0. The zero-order valence-electron chi connectivity index (χ0n) is 12.8. The number of hydrogen-bond donors (Lipinski definition) is 2. The first-order chi connectivity index (χ1) is 11.0. The molecule has 1 aliphatic heterocycles. The number of amides is 3. The highest BCUT2D eigenvalue weighted by atomic mass is 16.3. The monoisotopic (exact) mass is 314 g/mol. The van der Waals surface area contributed by atoms with Crippen LogP contribution in [0.1, 0.15) is 24.2 Å². The molecule has 1 atom stereocenters. The third-order valence-electron chi connectivity index (χ3n) is 4.09. The third-order valence-corrected chi connectivity index (χ3v) is 4.09. The predicted octanol–water partition coefficient (Wildman–Crippen LogP) is 1.45. The second-order valence-electron chi connectivity index (χ2n) is 5.75. The van der Waals surface area contributed by atoms with E-state index in [9.17, 15) is 14.4 Å². The number of rotatable bonds is 5. The molecule has 2 heterocycles. The summed E-state index contributed by atoms with van der Waals surface area (Å²) < 4.78 is 5.69. The predicted molar refractivity (Wildman–Crippen MR) is 83.5 cm³/mol. The molecule has 1 aliphatic rings. The molecule has 6 heteroatoms. The average Bonchev–Trinajstić information content (AvgIpc) is 2.98. The van der Waals surface area contributed by atoms with E-state index < -0.39 is 5.92 Å². The Balaban J connectivity index is 1.54. The normalized spacial score (nSPS) is 17.5. The van der Waals surface area contributed by atoms with E-state index in [1.54, 1.807) is 0 Å². The molecular formula is C17H18N2O4. The lowest BCUT2D eigenvalue weighted by atomic mass is 10.0. The van der Waals surface area contributed by atoms with E-state index in [2.05, 4.69) is 10.6 Å². The molecule has 1 aromatic carbocycles. The summed E-state index contributed by atoms with van der Waals surface area (Å²) in [6.07, 6.45) is 0.796. The fraction of sp³-hybridized carbons (Fsp3) is 0.353. The Morgan fingerprint density at radius 2 is 2.13 bits per heavy atom. The van der Waals surface area contributed by atoms with Gasteiger partial charge in [-0.05, 0) is 19.4 Å². The van der Waals surface area contributed by atoms with Gasteiger partial charge in [0.1, 0.15) is 11.3 Å². The Bertz CT molecular complexity index is 778. The number of fused-ring (bicyclic) bond motifs is 1. The van der Waals surface area contributed by atoms with Crippen molar-refractivity contribution in [1.82, 2.24) is 10.6 Å². The number of carbonyl (C=O) groups is 3. The molecule has 3 amide bonds. The number of benzene rings is 1. The van der Waals surface area contributed by atoms with Crippen molar-refractivity contribution in [3.05, 3.63) is 35.6 Å². The van der Waals surface area contributed by atoms with Gasteiger partial charge in [0, 0.05) is 30.3 Å². The summed E-state index contributed by atoms with van der Waals surface area (Å²) in [5.74, 6) is -0.583. The molecule has 1 unspecified atom stereocenters. The van der Waals surface area contributed by atoms with E-state index in [0.717, 1.165) is 22.3 Å². The number of nitrogens with one attached hydrogen (secondary N) is 2. The lowest BCUT2D eigenvalue weighted by molar-refractivity contribution is -0.129. The van der Waals surface area contributed by atoms with E-state index >= 15 is 0 Å². The van der Waals surface area contributed by atoms with E-state index in [1.807, 2.05) is 31.2 Å². The van der Waals surface area contributed by atoms with Crippen molar-refractivity contribution in [2.75, 3.05) is 6.54 Å². The molecular weight excluding hydrogens is 296 g/mol. The van der Waals surface area contributed by atoms with Crippen molar-refractivity contribution >= 4 is 28.7 Å². The van der Waals surface area contributed by atoms with Crippen LogP contribution in [0.2, 0.25) is 0 Å². The Hall–Kier alpha value is -2.63. The first kappa shape index (κ1) is 15.3. The van der Waals surface area contributed by atoms with Gasteiger partial charge in [-0.3, -0.25) is 19.7 Å². The second-order valence-corrected chi connectivity index (χ2v) is 5.75. The molecule has 1 saturated heterocycles. The van der Waals surface area contributed by atoms with Crippen LogP contribution >= 0.6 is 0 Å². The van der Waals surface area contributed by atoms with Gasteiger partial charge in [0.25, 0.3) is 0 Å². The quantitative estimate of drug-likeness (QED) is 0.818. The van der Waals surface area contributed by atoms with Gasteiger partial charge in [-0.2, -0.15) is 0 Å². The number of carbonyl (C=O) groups excluding carboxylic acids is 3. The molecule has 2 N–H and O–H groups in total. The first-order valence-corrected chi connectivity index (χ1v) is 7.62. The highest BCUT2D eigenvalue weighted by Gasteiger charge is 2.31. The molecule has 2 aromatic rings. The maximum atomic E-state index is 11.9. The molecule has 23 heavy (non-hydrogen) atoms. The summed E-state index contributed by atoms with van der Waals surface area (Å²) in [6, 6.07) is 7.79. The molecule has 3 rings (SSSR count). The largest absolute Gasteiger partial charge is 0.461 e. The number of aryl methyl sites for hydroxylation is 1. The number of furan rings is 1. The van der Waals surface area contributed by atoms with Crippen molar-refractivity contribution in [2.24, 2.45) is 5.92 Å². The van der Waals surface area contributed by atoms with Gasteiger partial charge in [-0.15, -0.1) is 0 Å². The SMILES string of the molecule is Cc1oc2ccccc2c1CCNC(=O)CC1CC(=O)NC1=O. The van der Waals surface area contributed by atoms with Gasteiger partial charge >= 0.3 is 0 Å². The Morgan fingerprint density at radius 1 is 1.35 bits per heavy atom. The Kier molecular flexibility index (Phi) is 4.14. The molecule has 0 aliphatic carbocycles. The molecule has 0 saturated carbocycles. The van der Waals surface area contributed by atoms with Crippen LogP contribution in [-0.4, -0.2) is 24.3 Å². The van der Waals surface area contributed by atoms with Crippen LogP contribution in [0.3, 0.4) is 0 Å². The molecule has 120 valence electrons. The minimum absolute atomic E-state index is 0.0443. The minimum Gasteiger partial charge on any atom is -0.461 e. The van der Waals surface area contributed by atoms with Gasteiger partial charge in [-0.25, -0.2) is 0 Å². The lowest BCUT2D eigenvalue weighted by Gasteiger charge is -2.07. The van der Waals surface area contributed by atoms with Crippen molar-refractivity contribution in [3.63, 3.8) is 0 Å². The average molecular weight is 314 g/mol. The van der Waals surface area contributed by atoms with E-state index in [1.165, 1.54) is 0 Å². The first-order valence-electron chi connectivity index (χ1n) is 7.62. The number of imide groups is 1. The van der Waals surface area contributed by atoms with Crippen molar-refractivity contribution in [3.8, 4) is 0 Å². The van der Waals surface area contributed by atoms with Gasteiger partial charge in [0.05, 0.1) is 5.92 Å². The molecule has 0 bridgehead atoms. The van der Waals surface area contributed by atoms with Crippen LogP contribution in [0.25, 0.3) is 11.0 Å². The Morgan fingerprint density at radius 3 is 2.87 bits per heavy atom. The zero-order valence-corrected chi connectivity index (χ0v) is 12.8. The summed E-state index contributed by atoms with van der Waals surface area (Å²) in [5, 5.41) is 6.07. The lowest BCUT2D eigenvalue weighted by Crippen LogP contribution is -2.30. The van der Waals surface area contributed by atoms with E-state index in [0.29, 0.717) is 13.0 Å². The highest BCUT2D eigenvalue weighted by molar-refractivity contribution is 6.04. The van der Waals surface area contributed by atoms with Gasteiger partial charge in [-0.1, -0.05) is 18.2 Å². The van der Waals surface area contributed by atoms with Crippen molar-refractivity contribution in [2.45, 2.75) is 26.2 Å². The summed E-state index contributed by atoms with van der Waals surface area (Å²) >= 11 is 0. The van der Waals surface area contributed by atoms with Crippen LogP contribution in [0.15, 0.2) is 28.7 Å². The van der Waals surface area contributed by atoms with Gasteiger partial charge in [0.15, 0.2) is 0 Å². The maximum absolute atomic E-state index is 11.9. The van der Waals surface area contributed by atoms with Gasteiger partial charge < -0.3 is 9.73 Å². The van der Waals surface area contributed by atoms with E-state index in [-0.39, 0.29) is 30.6 Å². The number of hydrogen-bond acceptors (Lipinski definition) is 4. The number of para-hydroxylation sites is 1. The molecule has 1 aromatic heterocycles. The third kappa shape index (κ3) is 3.26. The maximum Gasteiger partial charge on any atom is 0.230 e. The molecule has 0 radical (unpaired) electrons. The zero-order chi connectivity index (χ0) is 16.4. The fourth-order valence-corrected chi connectivity index (χ4v) is 2.93. The van der Waals surface area contributed by atoms with Crippen LogP contribution in [0.5, 0.6) is 0 Å². The molecule has 1 fully saturated rings. The smallest absolute Gasteiger partial charge is 0.230 e. The summed E-state index contributed by atoms with van der Waals surface area (Å²) in [5.41, 5.74) is 1.92. The van der Waals surface area contributed by atoms with Crippen LogP contribution in [-0.2, 0) is 20.8 Å². The molecule has 0 spiro atoms. The van der Waals surface area contributed by atoms with Crippen LogP contribution < -0.4 is 10.6 Å². The second kappa shape index (κ2) is 6.24. The Labute approximate surface area is 133 Å². The standard InChI is InChI=1S/C17H18N2O4/c1-10-12(13-4-2-3-5-14(13)23-10)6-7-18-15(20)8-11-9-16(21)19-17(11)22/h2-5,11H,6-9H2,1H3,(H,18,20)(H,19,21,22). The summed E-state index contributed by atoms with van der Waals surface area (Å²) in [6.45, 7) is 2.37. The topological polar surface area (TPSA) is 88.4 Å². The van der Waals surface area contributed by atoms with Crippen LogP contribution in [0.4, 0.5) is 0 Å². The highest BCUT2D eigenvalue weighted by Crippen LogP contribution is 2.25. The van der Waals surface area contributed by atoms with E-state index in [4.69, 9.17) is 4.42 Å². The molecule has 6 nitrogen and oxygen atoms in total. The van der Waals surface area contributed by atoms with Crippen molar-refractivity contribution in [1.29, 1.82) is 0 Å². The van der Waals surface area contributed by atoms with Gasteiger partial charge in [0.2, 0.25) is 17.7 Å². The summed E-state index contributed by atoms with van der Waals surface area (Å²) in [4.78, 5) is 34.5. The van der Waals surface area contributed by atoms with Crippen LogP contribution in [0, 0.1) is 12.8 Å². The van der Waals surface area contributed by atoms with Crippen molar-refractivity contribution < 1.29 is 18.8 Å². The minimum atomic E-state index is -0.543.